The number of carbonyl (C=O) groups excluding carboxylic acids is 1. The molecule has 0 radical (unpaired) electrons. The molecule has 0 saturated carbocycles. The van der Waals surface area contributed by atoms with Crippen LogP contribution < -0.4 is 0 Å². The molecule has 0 spiro atoms. The monoisotopic (exact) mass is 941 g/mol. The second-order valence-corrected chi connectivity index (χ2v) is 21.8. The second-order valence-electron chi connectivity index (χ2n) is 20.3. The van der Waals surface area contributed by atoms with Gasteiger partial charge in [0, 0.05) is 13.0 Å². The number of ether oxygens (including phenoxy) is 2. The molecule has 0 fully saturated rings. The molecule has 0 heterocycles. The fourth-order valence-electron chi connectivity index (χ4n) is 8.17. The van der Waals surface area contributed by atoms with Gasteiger partial charge in [-0.25, -0.2) is 4.57 Å². The molecule has 0 amide bonds. The minimum absolute atomic E-state index is 0.0916. The van der Waals surface area contributed by atoms with Crippen LogP contribution in [0, 0.1) is 0 Å². The largest absolute Gasteiger partial charge is 0.472 e. The molecule has 65 heavy (non-hydrogen) atoms. The summed E-state index contributed by atoms with van der Waals surface area (Å²) in [5.41, 5.74) is 0. The molecule has 2 atom stereocenters. The van der Waals surface area contributed by atoms with E-state index in [1.54, 1.807) is 0 Å². The predicted molar refractivity (Wildman–Crippen MR) is 280 cm³/mol. The van der Waals surface area contributed by atoms with Gasteiger partial charge in [-0.05, 0) is 44.9 Å². The second kappa shape index (κ2) is 49.4. The Hall–Kier alpha value is -1.02. The number of likely N-dealkylation sites (N-methyl/N-ethyl adjacent to an activating group) is 1. The summed E-state index contributed by atoms with van der Waals surface area (Å²) in [6.45, 7) is 5.67. The van der Waals surface area contributed by atoms with Crippen LogP contribution in [-0.4, -0.2) is 75.6 Å². The van der Waals surface area contributed by atoms with Crippen molar-refractivity contribution in [3.8, 4) is 0 Å². The number of quaternary nitrogens is 1. The molecule has 2 unspecified atom stereocenters. The Morgan fingerprint density at radius 1 is 0.477 bits per heavy atom. The first-order valence-electron chi connectivity index (χ1n) is 28.1. The highest BCUT2D eigenvalue weighted by molar-refractivity contribution is 7.47. The first kappa shape index (κ1) is 64.0. The van der Waals surface area contributed by atoms with Crippen LogP contribution in [0.25, 0.3) is 0 Å². The van der Waals surface area contributed by atoms with Gasteiger partial charge in [-0.1, -0.05) is 244 Å². The molecule has 0 aliphatic rings. The molecule has 9 heteroatoms. The first-order chi connectivity index (χ1) is 31.6. The molecule has 0 aromatic rings. The lowest BCUT2D eigenvalue weighted by molar-refractivity contribution is -0.870. The molecular weight excluding hydrogens is 830 g/mol. The van der Waals surface area contributed by atoms with Gasteiger partial charge in [0.15, 0.2) is 0 Å². The van der Waals surface area contributed by atoms with Crippen LogP contribution in [-0.2, 0) is 27.9 Å². The lowest BCUT2D eigenvalue weighted by Gasteiger charge is -2.24. The highest BCUT2D eigenvalue weighted by atomic mass is 31.2. The normalized spacial score (nSPS) is 13.6. The summed E-state index contributed by atoms with van der Waals surface area (Å²) in [6, 6.07) is 0. The molecule has 1 N–H and O–H groups in total. The minimum Gasteiger partial charge on any atom is -0.457 e. The van der Waals surface area contributed by atoms with Gasteiger partial charge >= 0.3 is 13.8 Å². The van der Waals surface area contributed by atoms with E-state index in [1.165, 1.54) is 212 Å². The van der Waals surface area contributed by atoms with E-state index in [1.807, 2.05) is 21.1 Å². The number of esters is 1. The van der Waals surface area contributed by atoms with Crippen LogP contribution in [0.3, 0.4) is 0 Å². The van der Waals surface area contributed by atoms with E-state index < -0.39 is 13.9 Å². The van der Waals surface area contributed by atoms with Crippen LogP contribution in [0.2, 0.25) is 0 Å². The number of carbonyl (C=O) groups is 1. The molecule has 0 bridgehead atoms. The number of hydrogen-bond acceptors (Lipinski definition) is 6. The summed E-state index contributed by atoms with van der Waals surface area (Å²) in [7, 11) is 1.68. The predicted octanol–water partition coefficient (Wildman–Crippen LogP) is 17.5. The van der Waals surface area contributed by atoms with Crippen molar-refractivity contribution in [3.63, 3.8) is 0 Å². The van der Waals surface area contributed by atoms with Crippen LogP contribution >= 0.6 is 7.82 Å². The maximum Gasteiger partial charge on any atom is 0.472 e. The van der Waals surface area contributed by atoms with Crippen LogP contribution in [0.4, 0.5) is 0 Å². The minimum atomic E-state index is -4.28. The molecule has 8 nitrogen and oxygen atoms in total. The molecule has 0 saturated heterocycles. The maximum atomic E-state index is 12.8. The molecule has 0 aliphatic carbocycles. The Balaban J connectivity index is 4.02. The van der Waals surface area contributed by atoms with Crippen molar-refractivity contribution in [1.82, 2.24) is 0 Å². The van der Waals surface area contributed by atoms with Gasteiger partial charge in [0.05, 0.1) is 34.4 Å². The first-order valence-corrected chi connectivity index (χ1v) is 29.6. The summed E-state index contributed by atoms with van der Waals surface area (Å²) in [5.74, 6) is -0.307. The summed E-state index contributed by atoms with van der Waals surface area (Å²) in [6.07, 6.45) is 59.5. The van der Waals surface area contributed by atoms with E-state index in [2.05, 4.69) is 38.2 Å². The van der Waals surface area contributed by atoms with E-state index >= 15 is 0 Å². The van der Waals surface area contributed by atoms with Crippen molar-refractivity contribution >= 4 is 13.8 Å². The Kier molecular flexibility index (Phi) is 48.6. The summed E-state index contributed by atoms with van der Waals surface area (Å²) < 4.78 is 35.2. The smallest absolute Gasteiger partial charge is 0.457 e. The van der Waals surface area contributed by atoms with Gasteiger partial charge in [-0.3, -0.25) is 13.8 Å². The molecular formula is C56H111NO7P+. The van der Waals surface area contributed by atoms with Crippen molar-refractivity contribution in [2.45, 2.75) is 277 Å². The third kappa shape index (κ3) is 53.8. The summed E-state index contributed by atoms with van der Waals surface area (Å²) in [5, 5.41) is 0. The van der Waals surface area contributed by atoms with Crippen LogP contribution in [0.5, 0.6) is 0 Å². The third-order valence-corrected chi connectivity index (χ3v) is 13.5. The Bertz CT molecular complexity index is 1090. The van der Waals surface area contributed by atoms with Gasteiger partial charge in [0.1, 0.15) is 19.3 Å². The summed E-state index contributed by atoms with van der Waals surface area (Å²) >= 11 is 0. The Morgan fingerprint density at radius 2 is 0.846 bits per heavy atom. The fraction of sp³-hybridized carbons (Fsp3) is 0.911. The number of nitrogens with zero attached hydrogens (tertiary/aromatic N) is 1. The van der Waals surface area contributed by atoms with E-state index in [0.29, 0.717) is 24.1 Å². The maximum absolute atomic E-state index is 12.8. The molecule has 0 aromatic carbocycles. The zero-order valence-electron chi connectivity index (χ0n) is 44.0. The van der Waals surface area contributed by atoms with Gasteiger partial charge in [0.2, 0.25) is 0 Å². The van der Waals surface area contributed by atoms with Crippen molar-refractivity contribution < 1.29 is 37.3 Å². The van der Waals surface area contributed by atoms with Crippen molar-refractivity contribution in [3.05, 3.63) is 24.3 Å². The van der Waals surface area contributed by atoms with Crippen LogP contribution in [0.15, 0.2) is 24.3 Å². The lowest BCUT2D eigenvalue weighted by atomic mass is 10.0. The Morgan fingerprint density at radius 3 is 1.25 bits per heavy atom. The standard InChI is InChI=1S/C56H110NO7P/c1-6-8-10-12-14-16-18-20-22-24-25-26-27-28-29-30-31-32-34-36-38-40-42-44-46-48-51-61-53-55(54-63-65(59,60)62-52-50-57(3,4)5)64-56(58)49-47-45-43-41-39-37-35-33-23-21-19-17-15-13-11-9-7-2/h18,20,24-25,55H,6-17,19,21-23,26-54H2,1-5H3/p+1/b20-18-,25-24-. The number of phosphoric acid groups is 1. The van der Waals surface area contributed by atoms with E-state index in [4.69, 9.17) is 18.5 Å². The molecule has 0 aromatic heterocycles. The highest BCUT2D eigenvalue weighted by Gasteiger charge is 2.26. The van der Waals surface area contributed by atoms with E-state index in [0.717, 1.165) is 38.5 Å². The molecule has 386 valence electrons. The van der Waals surface area contributed by atoms with Crippen molar-refractivity contribution in [2.24, 2.45) is 0 Å². The molecule has 0 aliphatic heterocycles. The number of unbranched alkanes of at least 4 members (excludes halogenated alkanes) is 35. The van der Waals surface area contributed by atoms with Crippen molar-refractivity contribution in [1.29, 1.82) is 0 Å². The number of hydrogen-bond donors (Lipinski definition) is 1. The average Bonchev–Trinajstić information content (AvgIpc) is 3.27. The van der Waals surface area contributed by atoms with E-state index in [-0.39, 0.29) is 25.8 Å². The SMILES string of the molecule is CCCCCCC/C=C\C/C=C\CCCCCCCCCCCCCCCCOCC(COP(=O)(O)OCC[N+](C)(C)C)OC(=O)CCCCCCCCCCCCCCCCCCC. The number of rotatable bonds is 53. The quantitative estimate of drug-likeness (QED) is 0.0213. The zero-order chi connectivity index (χ0) is 47.6. The fourth-order valence-corrected chi connectivity index (χ4v) is 8.92. The van der Waals surface area contributed by atoms with Gasteiger partial charge in [0.25, 0.3) is 0 Å². The topological polar surface area (TPSA) is 91.3 Å². The van der Waals surface area contributed by atoms with E-state index in [9.17, 15) is 14.3 Å². The van der Waals surface area contributed by atoms with Crippen LogP contribution in [0.1, 0.15) is 271 Å². The summed E-state index contributed by atoms with van der Waals surface area (Å²) in [4.78, 5) is 23.0. The van der Waals surface area contributed by atoms with Crippen molar-refractivity contribution in [2.75, 3.05) is 54.1 Å². The van der Waals surface area contributed by atoms with Gasteiger partial charge in [-0.2, -0.15) is 0 Å². The number of phosphoric ester groups is 1. The molecule has 0 rings (SSSR count). The zero-order valence-corrected chi connectivity index (χ0v) is 44.9. The Labute approximate surface area is 404 Å². The number of allylic oxidation sites excluding steroid dienone is 4. The van der Waals surface area contributed by atoms with Gasteiger partial charge in [-0.15, -0.1) is 0 Å². The third-order valence-electron chi connectivity index (χ3n) is 12.5. The lowest BCUT2D eigenvalue weighted by Crippen LogP contribution is -2.37. The average molecular weight is 941 g/mol. The highest BCUT2D eigenvalue weighted by Crippen LogP contribution is 2.43. The van der Waals surface area contributed by atoms with Gasteiger partial charge < -0.3 is 18.9 Å².